The molecule has 0 aromatic heterocycles. The van der Waals surface area contributed by atoms with Crippen LogP contribution in [0.1, 0.15) is 6.42 Å². The molecule has 62 valence electrons. The number of hydrogen-bond acceptors (Lipinski definition) is 3. The highest BCUT2D eigenvalue weighted by Crippen LogP contribution is 2.29. The van der Waals surface area contributed by atoms with Crippen LogP contribution in [-0.2, 0) is 9.59 Å². The van der Waals surface area contributed by atoms with E-state index in [0.717, 1.165) is 6.42 Å². The Morgan fingerprint density at radius 2 is 2.00 bits per heavy atom. The van der Waals surface area contributed by atoms with Crippen molar-refractivity contribution in [3.8, 4) is 0 Å². The minimum atomic E-state index is -0.193. The summed E-state index contributed by atoms with van der Waals surface area (Å²) in [6, 6.07) is 0. The van der Waals surface area contributed by atoms with Crippen molar-refractivity contribution in [3.63, 3.8) is 0 Å². The number of thioether (sulfide) groups is 1. The van der Waals surface area contributed by atoms with Crippen LogP contribution in [0.4, 0.5) is 0 Å². The third kappa shape index (κ3) is 1.08. The summed E-state index contributed by atoms with van der Waals surface area (Å²) in [7, 11) is 0. The predicted molar refractivity (Wildman–Crippen MR) is 46.1 cm³/mol. The van der Waals surface area contributed by atoms with E-state index < -0.39 is 0 Å². The fourth-order valence-electron chi connectivity index (χ4n) is 1.24. The fraction of sp³-hybridized carbons (Fsp3) is 0.250. The Hall–Kier alpha value is -1.03. The Bertz CT molecular complexity index is 269. The smallest absolute Gasteiger partial charge is 0.254 e. The average Bonchev–Trinajstić information content (AvgIpc) is 2.61. The van der Waals surface area contributed by atoms with Gasteiger partial charge in [0.15, 0.2) is 0 Å². The molecule has 2 aliphatic rings. The first-order chi connectivity index (χ1) is 5.79. The molecule has 12 heavy (non-hydrogen) atoms. The summed E-state index contributed by atoms with van der Waals surface area (Å²) in [5.74, 6) is -0.387. The van der Waals surface area contributed by atoms with E-state index in [1.807, 2.05) is 11.5 Å². The molecular weight excluding hydrogens is 174 g/mol. The Balaban J connectivity index is 2.13. The van der Waals surface area contributed by atoms with Gasteiger partial charge in [-0.3, -0.25) is 14.5 Å². The highest BCUT2D eigenvalue weighted by molar-refractivity contribution is 8.02. The quantitative estimate of drug-likeness (QED) is 0.564. The van der Waals surface area contributed by atoms with Crippen molar-refractivity contribution < 1.29 is 9.59 Å². The largest absolute Gasteiger partial charge is 0.269 e. The Morgan fingerprint density at radius 1 is 1.33 bits per heavy atom. The van der Waals surface area contributed by atoms with Gasteiger partial charge < -0.3 is 0 Å². The van der Waals surface area contributed by atoms with Crippen LogP contribution in [0.5, 0.6) is 0 Å². The second kappa shape index (κ2) is 2.79. The van der Waals surface area contributed by atoms with E-state index in [1.165, 1.54) is 28.8 Å². The highest BCUT2D eigenvalue weighted by Gasteiger charge is 2.31. The monoisotopic (exact) mass is 181 g/mol. The first-order valence-corrected chi connectivity index (χ1v) is 4.59. The van der Waals surface area contributed by atoms with Crippen molar-refractivity contribution in [1.29, 1.82) is 0 Å². The maximum absolute atomic E-state index is 11.1. The average molecular weight is 181 g/mol. The molecule has 3 nitrogen and oxygen atoms in total. The summed E-state index contributed by atoms with van der Waals surface area (Å²) in [6.07, 6.45) is 5.38. The van der Waals surface area contributed by atoms with Gasteiger partial charge in [0.1, 0.15) is 0 Å². The molecule has 0 aromatic carbocycles. The van der Waals surface area contributed by atoms with Crippen LogP contribution < -0.4 is 0 Å². The van der Waals surface area contributed by atoms with Crippen molar-refractivity contribution in [3.05, 3.63) is 23.6 Å². The number of carbonyl (C=O) groups excluding carboxylic acids is 2. The van der Waals surface area contributed by atoms with Gasteiger partial charge in [0.05, 0.1) is 5.37 Å². The van der Waals surface area contributed by atoms with Crippen LogP contribution in [0.15, 0.2) is 23.6 Å². The Kier molecular flexibility index (Phi) is 1.77. The minimum Gasteiger partial charge on any atom is -0.269 e. The van der Waals surface area contributed by atoms with E-state index in [-0.39, 0.29) is 17.2 Å². The normalized spacial score (nSPS) is 27.7. The maximum atomic E-state index is 11.1. The number of imide groups is 1. The van der Waals surface area contributed by atoms with Crippen LogP contribution in [0.3, 0.4) is 0 Å². The molecule has 2 rings (SSSR count). The standard InChI is InChI=1S/C8H7NO2S/c10-6-3-4-7(11)9(6)8-2-1-5-12-8/h1,3-5,8H,2H2. The first kappa shape index (κ1) is 7.61. The number of carbonyl (C=O) groups is 2. The van der Waals surface area contributed by atoms with Gasteiger partial charge >= 0.3 is 0 Å². The van der Waals surface area contributed by atoms with Gasteiger partial charge in [-0.2, -0.15) is 0 Å². The molecule has 2 amide bonds. The van der Waals surface area contributed by atoms with E-state index >= 15 is 0 Å². The van der Waals surface area contributed by atoms with E-state index in [0.29, 0.717) is 0 Å². The zero-order valence-electron chi connectivity index (χ0n) is 6.27. The van der Waals surface area contributed by atoms with Gasteiger partial charge in [0.2, 0.25) is 0 Å². The second-order valence-electron chi connectivity index (χ2n) is 2.58. The molecule has 2 aliphatic heterocycles. The van der Waals surface area contributed by atoms with Crippen LogP contribution in [0.25, 0.3) is 0 Å². The SMILES string of the molecule is O=C1C=CC(=O)N1C1CC=CS1. The molecular formula is C8H7NO2S. The molecule has 0 aromatic rings. The summed E-state index contributed by atoms with van der Waals surface area (Å²) in [4.78, 5) is 23.6. The summed E-state index contributed by atoms with van der Waals surface area (Å²) in [5, 5.41) is 1.91. The topological polar surface area (TPSA) is 37.4 Å². The van der Waals surface area contributed by atoms with Crippen molar-refractivity contribution >= 4 is 23.6 Å². The zero-order valence-corrected chi connectivity index (χ0v) is 7.08. The fourth-order valence-corrected chi connectivity index (χ4v) is 2.19. The molecule has 4 heteroatoms. The summed E-state index contributed by atoms with van der Waals surface area (Å²) >= 11 is 1.51. The molecule has 2 heterocycles. The van der Waals surface area contributed by atoms with Gasteiger partial charge in [-0.1, -0.05) is 6.08 Å². The molecule has 0 saturated carbocycles. The van der Waals surface area contributed by atoms with Crippen LogP contribution in [0.2, 0.25) is 0 Å². The van der Waals surface area contributed by atoms with Crippen molar-refractivity contribution in [2.24, 2.45) is 0 Å². The lowest BCUT2D eigenvalue weighted by Crippen LogP contribution is -2.36. The molecule has 1 unspecified atom stereocenters. The molecule has 0 radical (unpaired) electrons. The van der Waals surface area contributed by atoms with E-state index in [1.54, 1.807) is 0 Å². The van der Waals surface area contributed by atoms with Gasteiger partial charge in [-0.05, 0) is 11.8 Å². The predicted octanol–water partition coefficient (Wildman–Crippen LogP) is 0.888. The minimum absolute atomic E-state index is 0.0139. The van der Waals surface area contributed by atoms with Crippen molar-refractivity contribution in [2.75, 3.05) is 0 Å². The Labute approximate surface area is 74.1 Å². The van der Waals surface area contributed by atoms with E-state index in [2.05, 4.69) is 0 Å². The third-order valence-electron chi connectivity index (χ3n) is 1.80. The summed E-state index contributed by atoms with van der Waals surface area (Å²) in [6.45, 7) is 0. The van der Waals surface area contributed by atoms with Crippen molar-refractivity contribution in [1.82, 2.24) is 4.90 Å². The zero-order chi connectivity index (χ0) is 8.55. The summed E-state index contributed by atoms with van der Waals surface area (Å²) in [5.41, 5.74) is 0. The molecule has 1 atom stereocenters. The second-order valence-corrected chi connectivity index (χ2v) is 3.67. The highest BCUT2D eigenvalue weighted by atomic mass is 32.2. The van der Waals surface area contributed by atoms with E-state index in [9.17, 15) is 9.59 Å². The number of rotatable bonds is 1. The van der Waals surface area contributed by atoms with Crippen LogP contribution in [0, 0.1) is 0 Å². The summed E-state index contributed by atoms with van der Waals surface area (Å²) < 4.78 is 0. The Morgan fingerprint density at radius 3 is 2.50 bits per heavy atom. The van der Waals surface area contributed by atoms with Crippen LogP contribution in [-0.4, -0.2) is 22.1 Å². The van der Waals surface area contributed by atoms with Gasteiger partial charge in [-0.25, -0.2) is 0 Å². The van der Waals surface area contributed by atoms with Gasteiger partial charge in [-0.15, -0.1) is 11.8 Å². The van der Waals surface area contributed by atoms with Crippen molar-refractivity contribution in [2.45, 2.75) is 11.8 Å². The molecule has 0 spiro atoms. The number of nitrogens with zero attached hydrogens (tertiary/aromatic N) is 1. The lowest BCUT2D eigenvalue weighted by atomic mass is 10.4. The number of amides is 2. The molecule has 0 fully saturated rings. The lowest BCUT2D eigenvalue weighted by molar-refractivity contribution is -0.137. The van der Waals surface area contributed by atoms with Crippen LogP contribution >= 0.6 is 11.8 Å². The first-order valence-electron chi connectivity index (χ1n) is 3.65. The molecule has 0 N–H and O–H groups in total. The van der Waals surface area contributed by atoms with Gasteiger partial charge in [0, 0.05) is 12.2 Å². The van der Waals surface area contributed by atoms with E-state index in [4.69, 9.17) is 0 Å². The number of hydrogen-bond donors (Lipinski definition) is 0. The molecule has 0 bridgehead atoms. The van der Waals surface area contributed by atoms with Gasteiger partial charge in [0.25, 0.3) is 11.8 Å². The molecule has 0 aliphatic carbocycles. The lowest BCUT2D eigenvalue weighted by Gasteiger charge is -2.20. The molecule has 0 saturated heterocycles. The third-order valence-corrected chi connectivity index (χ3v) is 2.87. The maximum Gasteiger partial charge on any atom is 0.254 e.